The lowest BCUT2D eigenvalue weighted by Crippen LogP contribution is -1.98. The third-order valence-electron chi connectivity index (χ3n) is 7.52. The highest BCUT2D eigenvalue weighted by molar-refractivity contribution is 7.36. The topological polar surface area (TPSA) is 18.5 Å². The van der Waals surface area contributed by atoms with E-state index in [1.54, 1.807) is 0 Å². The fourth-order valence-electron chi connectivity index (χ4n) is 5.30. The average Bonchev–Trinajstić information content (AvgIpc) is 3.82. The summed E-state index contributed by atoms with van der Waals surface area (Å²) >= 11 is 11.7. The minimum absolute atomic E-state index is 0.817. The summed E-state index contributed by atoms with van der Waals surface area (Å²) in [6.45, 7) is 7.67. The van der Waals surface area contributed by atoms with Crippen LogP contribution in [-0.2, 0) is 22.3 Å². The Morgan fingerprint density at radius 2 is 1.10 bits per heavy atom. The Labute approximate surface area is 271 Å². The normalized spacial score (nSPS) is 12.2. The van der Waals surface area contributed by atoms with Crippen LogP contribution >= 0.6 is 68.0 Å². The number of thiophene rings is 6. The van der Waals surface area contributed by atoms with Crippen LogP contribution < -0.4 is 0 Å². The molecule has 0 fully saturated rings. The quantitative estimate of drug-likeness (QED) is 0.108. The number of unbranched alkanes of at least 4 members (excludes halogenated alkanes) is 2. The molecule has 0 spiro atoms. The van der Waals surface area contributed by atoms with Gasteiger partial charge in [-0.3, -0.25) is 0 Å². The zero-order chi connectivity index (χ0) is 28.5. The van der Waals surface area contributed by atoms with E-state index in [2.05, 4.69) is 62.4 Å². The molecular weight excluding hydrogens is 633 g/mol. The lowest BCUT2D eigenvalue weighted by atomic mass is 10.2. The van der Waals surface area contributed by atoms with Crippen molar-refractivity contribution in [1.82, 2.24) is 0 Å². The summed E-state index contributed by atoms with van der Waals surface area (Å²) in [4.78, 5) is 8.48. The molecule has 218 valence electrons. The molecule has 7 rings (SSSR count). The van der Waals surface area contributed by atoms with Crippen LogP contribution in [0.25, 0.3) is 58.5 Å². The molecule has 0 bridgehead atoms. The zero-order valence-corrected chi connectivity index (χ0v) is 28.9. The maximum atomic E-state index is 5.79. The molecule has 8 heteroatoms. The summed E-state index contributed by atoms with van der Waals surface area (Å²) in [6.07, 6.45) is 6.84. The highest BCUT2D eigenvalue weighted by Crippen LogP contribution is 2.49. The monoisotopic (exact) mass is 666 g/mol. The molecule has 0 saturated heterocycles. The van der Waals surface area contributed by atoms with E-state index in [0.717, 1.165) is 52.1 Å². The molecule has 42 heavy (non-hydrogen) atoms. The van der Waals surface area contributed by atoms with Crippen molar-refractivity contribution in [2.45, 2.75) is 52.4 Å². The molecule has 6 heterocycles. The average molecular weight is 667 g/mol. The molecule has 0 unspecified atom stereocenters. The molecule has 0 aliphatic rings. The summed E-state index contributed by atoms with van der Waals surface area (Å²) < 4.78 is 19.8. The van der Waals surface area contributed by atoms with Crippen molar-refractivity contribution in [1.29, 1.82) is 0 Å². The van der Waals surface area contributed by atoms with Gasteiger partial charge in [-0.25, -0.2) is 0 Å². The van der Waals surface area contributed by atoms with Crippen molar-refractivity contribution >= 4 is 107 Å². The van der Waals surface area contributed by atoms with Crippen molar-refractivity contribution < 1.29 is 9.47 Å². The second kappa shape index (κ2) is 13.2. The molecule has 0 amide bonds. The minimum Gasteiger partial charge on any atom is -0.382 e. The van der Waals surface area contributed by atoms with Gasteiger partial charge in [-0.1, -0.05) is 13.3 Å². The van der Waals surface area contributed by atoms with Gasteiger partial charge in [-0.15, -0.1) is 68.0 Å². The number of rotatable bonds is 14. The number of hydrogen-bond donors (Lipinski definition) is 0. The first-order valence-corrected chi connectivity index (χ1v) is 19.8. The van der Waals surface area contributed by atoms with Crippen LogP contribution in [0, 0.1) is 0 Å². The van der Waals surface area contributed by atoms with E-state index in [1.807, 2.05) is 68.0 Å². The van der Waals surface area contributed by atoms with Gasteiger partial charge in [0.25, 0.3) is 0 Å². The third-order valence-corrected chi connectivity index (χ3v) is 15.0. The summed E-state index contributed by atoms with van der Waals surface area (Å²) in [7, 11) is 0. The molecule has 6 aromatic heterocycles. The van der Waals surface area contributed by atoms with Crippen molar-refractivity contribution in [3.05, 3.63) is 58.3 Å². The number of hydrogen-bond acceptors (Lipinski definition) is 8. The van der Waals surface area contributed by atoms with Gasteiger partial charge < -0.3 is 9.47 Å². The second-order valence-electron chi connectivity index (χ2n) is 10.6. The molecule has 0 atom stereocenters. The first-order valence-electron chi connectivity index (χ1n) is 14.9. The fourth-order valence-corrected chi connectivity index (χ4v) is 12.6. The van der Waals surface area contributed by atoms with Crippen LogP contribution in [0.3, 0.4) is 0 Å². The summed E-state index contributed by atoms with van der Waals surface area (Å²) in [5, 5.41) is 2.84. The predicted molar refractivity (Wildman–Crippen MR) is 193 cm³/mol. The molecule has 1 aromatic carbocycles. The first kappa shape index (κ1) is 29.1. The Kier molecular flexibility index (Phi) is 9.12. The Hall–Kier alpha value is -1.62. The van der Waals surface area contributed by atoms with Crippen LogP contribution in [0.4, 0.5) is 0 Å². The van der Waals surface area contributed by atoms with Crippen molar-refractivity contribution in [3.8, 4) is 19.5 Å². The number of aryl methyl sites for hydroxylation is 1. The van der Waals surface area contributed by atoms with Crippen molar-refractivity contribution in [2.75, 3.05) is 26.4 Å². The van der Waals surface area contributed by atoms with E-state index >= 15 is 0 Å². The van der Waals surface area contributed by atoms with E-state index in [9.17, 15) is 0 Å². The number of ether oxygens (including phenoxy) is 2. The van der Waals surface area contributed by atoms with E-state index in [-0.39, 0.29) is 0 Å². The molecule has 0 N–H and O–H groups in total. The third kappa shape index (κ3) is 6.02. The first-order chi connectivity index (χ1) is 20.7. The van der Waals surface area contributed by atoms with Gasteiger partial charge in [0.05, 0.1) is 16.0 Å². The van der Waals surface area contributed by atoms with E-state index < -0.39 is 0 Å². The fraction of sp³-hybridized carbons (Fsp3) is 0.353. The molecule has 7 aromatic rings. The van der Waals surface area contributed by atoms with Gasteiger partial charge in [0.15, 0.2) is 0 Å². The standard InChI is InChI=1S/C34H34O2S6/c1-3-5-14-36-16-13-22-10-12-26(38-22)30-20-32-34(42-30)24-18-27-23(17-28(24)40-32)33-31(39-27)19-29(41-33)25-11-9-21(37-25)8-6-7-15-35-4-2/h9-12,17-20H,3-8,13-16H2,1-2H3. The van der Waals surface area contributed by atoms with Crippen molar-refractivity contribution in [3.63, 3.8) is 0 Å². The maximum Gasteiger partial charge on any atom is 0.0536 e. The minimum atomic E-state index is 0.817. The highest BCUT2D eigenvalue weighted by Gasteiger charge is 2.17. The predicted octanol–water partition coefficient (Wildman–Crippen LogP) is 12.7. The maximum absolute atomic E-state index is 5.79. The summed E-state index contributed by atoms with van der Waals surface area (Å²) in [5.74, 6) is 0. The molecule has 0 radical (unpaired) electrons. The SMILES string of the molecule is CCCCOCCc1ccc(-c2cc3sc4cc5c(cc4c3s2)sc2cc(-c3ccc(CCCCOCC)s3)sc25)s1. The Bertz CT molecular complexity index is 1800. The van der Waals surface area contributed by atoms with Gasteiger partial charge in [-0.2, -0.15) is 0 Å². The van der Waals surface area contributed by atoms with Gasteiger partial charge in [-0.05, 0) is 81.1 Å². The van der Waals surface area contributed by atoms with Gasteiger partial charge in [0.1, 0.15) is 0 Å². The Balaban J connectivity index is 1.10. The number of fused-ring (bicyclic) bond motifs is 6. The molecule has 0 saturated carbocycles. The molecule has 0 aliphatic carbocycles. The Morgan fingerprint density at radius 1 is 0.500 bits per heavy atom. The van der Waals surface area contributed by atoms with Gasteiger partial charge in [0, 0.05) is 85.1 Å². The van der Waals surface area contributed by atoms with Crippen molar-refractivity contribution in [2.24, 2.45) is 0 Å². The van der Waals surface area contributed by atoms with E-state index in [1.165, 1.54) is 81.1 Å². The van der Waals surface area contributed by atoms with Gasteiger partial charge in [0.2, 0.25) is 0 Å². The van der Waals surface area contributed by atoms with Crippen LogP contribution in [0.2, 0.25) is 0 Å². The highest BCUT2D eigenvalue weighted by atomic mass is 32.1. The van der Waals surface area contributed by atoms with Crippen LogP contribution in [-0.4, -0.2) is 26.4 Å². The molecule has 2 nitrogen and oxygen atoms in total. The summed E-state index contributed by atoms with van der Waals surface area (Å²) in [5.41, 5.74) is 0. The molecule has 0 aliphatic heterocycles. The lowest BCUT2D eigenvalue weighted by molar-refractivity contribution is 0.135. The van der Waals surface area contributed by atoms with Crippen LogP contribution in [0.5, 0.6) is 0 Å². The zero-order valence-electron chi connectivity index (χ0n) is 24.0. The molecular formula is C34H34O2S6. The lowest BCUT2D eigenvalue weighted by Gasteiger charge is -2.01. The second-order valence-corrected chi connectivity index (χ2v) is 17.2. The smallest absolute Gasteiger partial charge is 0.0536 e. The van der Waals surface area contributed by atoms with Gasteiger partial charge >= 0.3 is 0 Å². The number of benzene rings is 1. The van der Waals surface area contributed by atoms with Crippen LogP contribution in [0.15, 0.2) is 48.5 Å². The largest absolute Gasteiger partial charge is 0.382 e. The Morgan fingerprint density at radius 3 is 1.69 bits per heavy atom. The van der Waals surface area contributed by atoms with Crippen LogP contribution in [0.1, 0.15) is 49.3 Å². The van der Waals surface area contributed by atoms with E-state index in [0.29, 0.717) is 0 Å². The van der Waals surface area contributed by atoms with E-state index in [4.69, 9.17) is 9.47 Å². The summed E-state index contributed by atoms with van der Waals surface area (Å²) in [6, 6.07) is 19.0.